The summed E-state index contributed by atoms with van der Waals surface area (Å²) in [6.07, 6.45) is 0. The lowest BCUT2D eigenvalue weighted by molar-refractivity contribution is -0.125. The molecule has 0 aliphatic carbocycles. The first-order valence-corrected chi connectivity index (χ1v) is 7.69. The Hall–Kier alpha value is -3.10. The Morgan fingerprint density at radius 2 is 2.04 bits per heavy atom. The van der Waals surface area contributed by atoms with Crippen molar-refractivity contribution in [2.45, 2.75) is 26.3 Å². The molecule has 2 aromatic rings. The van der Waals surface area contributed by atoms with Gasteiger partial charge in [-0.2, -0.15) is 0 Å². The number of hydrogen-bond donors (Lipinski definition) is 1. The van der Waals surface area contributed by atoms with Crippen molar-refractivity contribution in [1.29, 1.82) is 0 Å². The number of carbonyl (C=O) groups excluding carboxylic acids is 2. The second kappa shape index (κ2) is 6.08. The van der Waals surface area contributed by atoms with E-state index in [0.717, 1.165) is 0 Å². The van der Waals surface area contributed by atoms with E-state index in [2.05, 4.69) is 10.3 Å². The van der Waals surface area contributed by atoms with Gasteiger partial charge in [0.05, 0.1) is 6.61 Å². The van der Waals surface area contributed by atoms with Gasteiger partial charge in [0.25, 0.3) is 0 Å². The predicted octanol–water partition coefficient (Wildman–Crippen LogP) is 1.07. The zero-order valence-corrected chi connectivity index (χ0v) is 14.1. The van der Waals surface area contributed by atoms with Gasteiger partial charge in [-0.05, 0) is 39.0 Å². The van der Waals surface area contributed by atoms with Gasteiger partial charge in [-0.25, -0.2) is 9.48 Å². The molecule has 0 fully saturated rings. The number of rotatable bonds is 5. The Kier molecular flexibility index (Phi) is 4.07. The Labute approximate surface area is 143 Å². The molecule has 1 aliphatic heterocycles. The van der Waals surface area contributed by atoms with Crippen LogP contribution >= 0.6 is 0 Å². The topological polar surface area (TPSA) is 119 Å². The predicted molar refractivity (Wildman–Crippen MR) is 86.1 cm³/mol. The molecule has 132 valence electrons. The molecular weight excluding hydrogens is 328 g/mol. The third-order valence-corrected chi connectivity index (χ3v) is 3.92. The van der Waals surface area contributed by atoms with E-state index in [1.54, 1.807) is 39.0 Å². The first-order valence-electron chi connectivity index (χ1n) is 7.69. The smallest absolute Gasteiger partial charge is 0.361 e. The minimum Gasteiger partial charge on any atom is -0.461 e. The van der Waals surface area contributed by atoms with Crippen LogP contribution in [0.3, 0.4) is 0 Å². The molecule has 0 atom stereocenters. The number of fused-ring (bicyclic) bond motifs is 1. The van der Waals surface area contributed by atoms with Crippen LogP contribution in [-0.4, -0.2) is 40.3 Å². The van der Waals surface area contributed by atoms with E-state index >= 15 is 0 Å². The highest BCUT2D eigenvalue weighted by Crippen LogP contribution is 2.37. The molecule has 2 N–H and O–H groups in total. The summed E-state index contributed by atoms with van der Waals surface area (Å²) in [6.45, 7) is 5.18. The van der Waals surface area contributed by atoms with Gasteiger partial charge in [0.2, 0.25) is 12.7 Å². The summed E-state index contributed by atoms with van der Waals surface area (Å²) in [5, 5.41) is 7.89. The van der Waals surface area contributed by atoms with Gasteiger partial charge < -0.3 is 19.9 Å². The molecule has 25 heavy (non-hydrogen) atoms. The van der Waals surface area contributed by atoms with Crippen molar-refractivity contribution >= 4 is 11.9 Å². The lowest BCUT2D eigenvalue weighted by Crippen LogP contribution is -2.42. The number of aromatic nitrogens is 3. The summed E-state index contributed by atoms with van der Waals surface area (Å²) >= 11 is 0. The minimum absolute atomic E-state index is 0.00459. The molecule has 0 unspecified atom stereocenters. The maximum Gasteiger partial charge on any atom is 0.361 e. The highest BCUT2D eigenvalue weighted by Gasteiger charge is 2.35. The Balaban J connectivity index is 2.19. The van der Waals surface area contributed by atoms with Crippen molar-refractivity contribution in [1.82, 2.24) is 15.0 Å². The third-order valence-electron chi connectivity index (χ3n) is 3.92. The van der Waals surface area contributed by atoms with E-state index in [1.165, 1.54) is 4.68 Å². The van der Waals surface area contributed by atoms with Gasteiger partial charge in [-0.1, -0.05) is 5.21 Å². The van der Waals surface area contributed by atoms with E-state index < -0.39 is 17.4 Å². The molecule has 1 amide bonds. The molecule has 1 aromatic carbocycles. The van der Waals surface area contributed by atoms with Crippen LogP contribution < -0.4 is 15.2 Å². The molecule has 9 nitrogen and oxygen atoms in total. The summed E-state index contributed by atoms with van der Waals surface area (Å²) in [4.78, 5) is 24.1. The number of ether oxygens (including phenoxy) is 3. The fourth-order valence-electron chi connectivity index (χ4n) is 2.42. The van der Waals surface area contributed by atoms with Gasteiger partial charge in [-0.15, -0.1) is 5.10 Å². The van der Waals surface area contributed by atoms with Crippen molar-refractivity contribution in [2.24, 2.45) is 5.73 Å². The number of hydrogen-bond acceptors (Lipinski definition) is 7. The lowest BCUT2D eigenvalue weighted by Gasteiger charge is -2.23. The molecule has 0 saturated heterocycles. The maximum atomic E-state index is 12.3. The summed E-state index contributed by atoms with van der Waals surface area (Å²) in [7, 11) is 0. The molecule has 2 heterocycles. The molecular formula is C16H18N4O5. The SMILES string of the molecule is CCOC(=O)c1nnn(C(C)(C)C(N)=O)c1-c1ccc2c(c1)OCO2. The van der Waals surface area contributed by atoms with Crippen molar-refractivity contribution in [2.75, 3.05) is 13.4 Å². The summed E-state index contributed by atoms with van der Waals surface area (Å²) in [5.74, 6) is -0.136. The second-order valence-corrected chi connectivity index (χ2v) is 5.91. The first-order chi connectivity index (χ1) is 11.9. The molecule has 0 saturated carbocycles. The highest BCUT2D eigenvalue weighted by atomic mass is 16.7. The van der Waals surface area contributed by atoms with E-state index in [0.29, 0.717) is 22.8 Å². The number of esters is 1. The molecule has 1 aromatic heterocycles. The van der Waals surface area contributed by atoms with E-state index in [1.807, 2.05) is 0 Å². The molecule has 0 radical (unpaired) electrons. The van der Waals surface area contributed by atoms with E-state index in [9.17, 15) is 9.59 Å². The van der Waals surface area contributed by atoms with Crippen LogP contribution in [0.2, 0.25) is 0 Å². The Morgan fingerprint density at radius 1 is 1.32 bits per heavy atom. The van der Waals surface area contributed by atoms with Crippen molar-refractivity contribution in [3.8, 4) is 22.8 Å². The monoisotopic (exact) mass is 346 g/mol. The molecule has 0 bridgehead atoms. The molecule has 9 heteroatoms. The van der Waals surface area contributed by atoms with Gasteiger partial charge in [-0.3, -0.25) is 4.79 Å². The Bertz CT molecular complexity index is 843. The summed E-state index contributed by atoms with van der Waals surface area (Å²) in [6, 6.07) is 5.13. The van der Waals surface area contributed by atoms with Crippen LogP contribution in [0.5, 0.6) is 11.5 Å². The van der Waals surface area contributed by atoms with Gasteiger partial charge in [0.15, 0.2) is 17.2 Å². The average Bonchev–Trinajstić information content (AvgIpc) is 3.21. The van der Waals surface area contributed by atoms with Crippen LogP contribution in [0.15, 0.2) is 18.2 Å². The standard InChI is InChI=1S/C16H18N4O5/c1-4-23-14(21)12-13(20(19-18-12)16(2,3)15(17)22)9-5-6-10-11(7-9)25-8-24-10/h5-7H,4,8H2,1-3H3,(H2,17,22). The number of carbonyl (C=O) groups is 2. The minimum atomic E-state index is -1.20. The lowest BCUT2D eigenvalue weighted by atomic mass is 10.0. The maximum absolute atomic E-state index is 12.3. The van der Waals surface area contributed by atoms with Crippen LogP contribution in [0.25, 0.3) is 11.3 Å². The number of amides is 1. The van der Waals surface area contributed by atoms with Gasteiger partial charge in [0.1, 0.15) is 11.2 Å². The van der Waals surface area contributed by atoms with E-state index in [4.69, 9.17) is 19.9 Å². The van der Waals surface area contributed by atoms with Crippen molar-refractivity contribution < 1.29 is 23.8 Å². The zero-order valence-electron chi connectivity index (χ0n) is 14.1. The number of nitrogens with two attached hydrogens (primary N) is 1. The number of benzene rings is 1. The molecule has 3 rings (SSSR count). The molecule has 1 aliphatic rings. The fraction of sp³-hybridized carbons (Fsp3) is 0.375. The number of nitrogens with zero attached hydrogens (tertiary/aromatic N) is 3. The van der Waals surface area contributed by atoms with Gasteiger partial charge in [0, 0.05) is 5.56 Å². The van der Waals surface area contributed by atoms with Crippen LogP contribution in [-0.2, 0) is 15.1 Å². The van der Waals surface area contributed by atoms with Crippen molar-refractivity contribution in [3.05, 3.63) is 23.9 Å². The van der Waals surface area contributed by atoms with Crippen LogP contribution in [0.4, 0.5) is 0 Å². The molecule has 0 spiro atoms. The normalized spacial score (nSPS) is 12.9. The third kappa shape index (κ3) is 2.77. The van der Waals surface area contributed by atoms with E-state index in [-0.39, 0.29) is 19.1 Å². The van der Waals surface area contributed by atoms with Crippen LogP contribution in [0.1, 0.15) is 31.3 Å². The second-order valence-electron chi connectivity index (χ2n) is 5.91. The average molecular weight is 346 g/mol. The van der Waals surface area contributed by atoms with Crippen molar-refractivity contribution in [3.63, 3.8) is 0 Å². The zero-order chi connectivity index (χ0) is 18.2. The fourth-order valence-corrected chi connectivity index (χ4v) is 2.42. The largest absolute Gasteiger partial charge is 0.461 e. The van der Waals surface area contributed by atoms with Crippen LogP contribution in [0, 0.1) is 0 Å². The Morgan fingerprint density at radius 3 is 2.72 bits per heavy atom. The quantitative estimate of drug-likeness (QED) is 0.804. The summed E-state index contributed by atoms with van der Waals surface area (Å²) < 4.78 is 17.0. The first kappa shape index (κ1) is 16.7. The summed E-state index contributed by atoms with van der Waals surface area (Å²) in [5.41, 5.74) is 5.18. The van der Waals surface area contributed by atoms with Gasteiger partial charge >= 0.3 is 5.97 Å². The number of primary amides is 1. The highest BCUT2D eigenvalue weighted by molar-refractivity contribution is 5.95.